The highest BCUT2D eigenvalue weighted by Gasteiger charge is 2.26. The molecule has 0 radical (unpaired) electrons. The summed E-state index contributed by atoms with van der Waals surface area (Å²) in [4.78, 5) is 30.4. The standard InChI is InChI=1S/C22H32N6O/c1-27(18-7-3-2-4-8-18)13-11-25-22(29)17-6-5-12-28(16-17)19-14-20-21(26-15-19)24-10-9-23-20/h9-10,14-15,17-18H,2-8,11-13,16H2,1H3,(H,25,29). The van der Waals surface area contributed by atoms with Crippen LogP contribution in [-0.4, -0.2) is 65.0 Å². The minimum atomic E-state index is 0.0290. The molecule has 0 spiro atoms. The molecular weight excluding hydrogens is 364 g/mol. The van der Waals surface area contributed by atoms with Gasteiger partial charge in [-0.2, -0.15) is 0 Å². The molecule has 2 aromatic rings. The molecule has 29 heavy (non-hydrogen) atoms. The Hall–Kier alpha value is -2.28. The maximum atomic E-state index is 12.8. The Balaban J connectivity index is 1.28. The van der Waals surface area contributed by atoms with E-state index in [9.17, 15) is 4.79 Å². The number of piperidine rings is 1. The van der Waals surface area contributed by atoms with Crippen LogP contribution in [0.4, 0.5) is 5.69 Å². The van der Waals surface area contributed by atoms with Gasteiger partial charge in [0.1, 0.15) is 5.52 Å². The second-order valence-corrected chi connectivity index (χ2v) is 8.44. The average Bonchev–Trinajstić information content (AvgIpc) is 2.79. The first-order valence-corrected chi connectivity index (χ1v) is 11.0. The van der Waals surface area contributed by atoms with Crippen molar-refractivity contribution in [2.75, 3.05) is 38.1 Å². The number of carbonyl (C=O) groups excluding carboxylic acids is 1. The molecule has 2 aromatic heterocycles. The van der Waals surface area contributed by atoms with Gasteiger partial charge >= 0.3 is 0 Å². The lowest BCUT2D eigenvalue weighted by Crippen LogP contribution is -2.45. The van der Waals surface area contributed by atoms with Gasteiger partial charge in [-0.1, -0.05) is 19.3 Å². The Labute approximate surface area is 172 Å². The zero-order valence-corrected chi connectivity index (χ0v) is 17.4. The summed E-state index contributed by atoms with van der Waals surface area (Å²) in [5, 5.41) is 3.18. The van der Waals surface area contributed by atoms with E-state index in [1.807, 2.05) is 12.3 Å². The van der Waals surface area contributed by atoms with Crippen molar-refractivity contribution in [3.63, 3.8) is 0 Å². The smallest absolute Gasteiger partial charge is 0.224 e. The predicted octanol–water partition coefficient (Wildman–Crippen LogP) is 2.62. The predicted molar refractivity (Wildman–Crippen MR) is 115 cm³/mol. The number of hydrogen-bond acceptors (Lipinski definition) is 6. The minimum Gasteiger partial charge on any atom is -0.369 e. The third-order valence-electron chi connectivity index (χ3n) is 6.43. The Morgan fingerprint density at radius 2 is 1.97 bits per heavy atom. The molecule has 2 aliphatic rings. The van der Waals surface area contributed by atoms with Gasteiger partial charge < -0.3 is 15.1 Å². The maximum Gasteiger partial charge on any atom is 0.224 e. The van der Waals surface area contributed by atoms with E-state index in [1.54, 1.807) is 12.4 Å². The lowest BCUT2D eigenvalue weighted by atomic mass is 9.94. The summed E-state index contributed by atoms with van der Waals surface area (Å²) in [5.74, 6) is 0.210. The molecule has 1 saturated heterocycles. The zero-order chi connectivity index (χ0) is 20.1. The van der Waals surface area contributed by atoms with E-state index in [2.05, 4.69) is 37.1 Å². The van der Waals surface area contributed by atoms with Crippen LogP contribution in [0.3, 0.4) is 0 Å². The highest BCUT2D eigenvalue weighted by atomic mass is 16.1. The van der Waals surface area contributed by atoms with Crippen LogP contribution in [0, 0.1) is 5.92 Å². The molecule has 1 amide bonds. The summed E-state index contributed by atoms with van der Waals surface area (Å²) in [7, 11) is 2.19. The summed E-state index contributed by atoms with van der Waals surface area (Å²) >= 11 is 0. The fourth-order valence-electron chi connectivity index (χ4n) is 4.65. The van der Waals surface area contributed by atoms with E-state index in [4.69, 9.17) is 0 Å². The van der Waals surface area contributed by atoms with Gasteiger partial charge in [-0.3, -0.25) is 9.78 Å². The normalized spacial score (nSPS) is 20.9. The van der Waals surface area contributed by atoms with Gasteiger partial charge in [0.25, 0.3) is 0 Å². The molecule has 1 N–H and O–H groups in total. The van der Waals surface area contributed by atoms with Crippen molar-refractivity contribution in [1.82, 2.24) is 25.2 Å². The van der Waals surface area contributed by atoms with Crippen molar-refractivity contribution in [2.45, 2.75) is 51.0 Å². The molecule has 1 saturated carbocycles. The topological polar surface area (TPSA) is 74.2 Å². The number of likely N-dealkylation sites (N-methyl/N-ethyl adjacent to an activating group) is 1. The first-order valence-electron chi connectivity index (χ1n) is 11.0. The first-order chi connectivity index (χ1) is 14.2. The Morgan fingerprint density at radius 3 is 2.83 bits per heavy atom. The van der Waals surface area contributed by atoms with Crippen molar-refractivity contribution >= 4 is 22.8 Å². The molecule has 0 bridgehead atoms. The van der Waals surface area contributed by atoms with Gasteiger partial charge in [0.15, 0.2) is 5.65 Å². The Morgan fingerprint density at radius 1 is 1.14 bits per heavy atom. The molecule has 1 unspecified atom stereocenters. The third kappa shape index (κ3) is 5.01. The molecule has 4 rings (SSSR count). The van der Waals surface area contributed by atoms with E-state index in [1.165, 1.54) is 32.1 Å². The number of pyridine rings is 1. The molecule has 156 valence electrons. The van der Waals surface area contributed by atoms with E-state index in [-0.39, 0.29) is 11.8 Å². The van der Waals surface area contributed by atoms with Crippen LogP contribution in [0.5, 0.6) is 0 Å². The van der Waals surface area contributed by atoms with Crippen LogP contribution in [0.2, 0.25) is 0 Å². The number of amides is 1. The van der Waals surface area contributed by atoms with Crippen LogP contribution in [-0.2, 0) is 4.79 Å². The van der Waals surface area contributed by atoms with Gasteiger partial charge in [0.05, 0.1) is 17.8 Å². The van der Waals surface area contributed by atoms with Crippen molar-refractivity contribution < 1.29 is 4.79 Å². The third-order valence-corrected chi connectivity index (χ3v) is 6.43. The molecule has 0 aromatic carbocycles. The van der Waals surface area contributed by atoms with Crippen LogP contribution >= 0.6 is 0 Å². The number of fused-ring (bicyclic) bond motifs is 1. The number of anilines is 1. The SMILES string of the molecule is CN(CCNC(=O)C1CCCN(c2cnc3nccnc3c2)C1)C1CCCCC1. The number of carbonyl (C=O) groups is 1. The Kier molecular flexibility index (Phi) is 6.54. The lowest BCUT2D eigenvalue weighted by molar-refractivity contribution is -0.125. The largest absolute Gasteiger partial charge is 0.369 e. The molecule has 3 heterocycles. The fourth-order valence-corrected chi connectivity index (χ4v) is 4.65. The van der Waals surface area contributed by atoms with E-state index >= 15 is 0 Å². The molecular formula is C22H32N6O. The van der Waals surface area contributed by atoms with Crippen molar-refractivity contribution in [1.29, 1.82) is 0 Å². The number of nitrogens with zero attached hydrogens (tertiary/aromatic N) is 5. The molecule has 7 nitrogen and oxygen atoms in total. The van der Waals surface area contributed by atoms with Crippen LogP contribution in [0.25, 0.3) is 11.2 Å². The van der Waals surface area contributed by atoms with Gasteiger partial charge in [-0.25, -0.2) is 9.97 Å². The van der Waals surface area contributed by atoms with Gasteiger partial charge in [0, 0.05) is 44.6 Å². The maximum absolute atomic E-state index is 12.8. The van der Waals surface area contributed by atoms with Gasteiger partial charge in [-0.15, -0.1) is 0 Å². The number of aromatic nitrogens is 3. The molecule has 1 aliphatic carbocycles. The first kappa shape index (κ1) is 20.0. The molecule has 1 aliphatic heterocycles. The monoisotopic (exact) mass is 396 g/mol. The van der Waals surface area contributed by atoms with Gasteiger partial charge in [0.2, 0.25) is 5.91 Å². The quantitative estimate of drug-likeness (QED) is 0.809. The zero-order valence-electron chi connectivity index (χ0n) is 17.4. The second kappa shape index (κ2) is 9.48. The van der Waals surface area contributed by atoms with Gasteiger partial charge in [-0.05, 0) is 38.8 Å². The number of hydrogen-bond donors (Lipinski definition) is 1. The molecule has 7 heteroatoms. The van der Waals surface area contributed by atoms with Crippen LogP contribution < -0.4 is 10.2 Å². The minimum absolute atomic E-state index is 0.0290. The average molecular weight is 397 g/mol. The number of nitrogens with one attached hydrogen (secondary N) is 1. The van der Waals surface area contributed by atoms with Crippen LogP contribution in [0.15, 0.2) is 24.7 Å². The van der Waals surface area contributed by atoms with E-state index < -0.39 is 0 Å². The van der Waals surface area contributed by atoms with Crippen molar-refractivity contribution in [2.24, 2.45) is 5.92 Å². The summed E-state index contributed by atoms with van der Waals surface area (Å²) in [6, 6.07) is 2.71. The van der Waals surface area contributed by atoms with E-state index in [0.29, 0.717) is 11.7 Å². The Bertz CT molecular complexity index is 822. The highest BCUT2D eigenvalue weighted by Crippen LogP contribution is 2.24. The second-order valence-electron chi connectivity index (χ2n) is 8.44. The van der Waals surface area contributed by atoms with Crippen molar-refractivity contribution in [3.8, 4) is 0 Å². The number of rotatable bonds is 6. The highest BCUT2D eigenvalue weighted by molar-refractivity contribution is 5.80. The van der Waals surface area contributed by atoms with E-state index in [0.717, 1.165) is 50.2 Å². The summed E-state index contributed by atoms with van der Waals surface area (Å²) in [6.45, 7) is 3.34. The van der Waals surface area contributed by atoms with Crippen molar-refractivity contribution in [3.05, 3.63) is 24.7 Å². The molecule has 2 fully saturated rings. The summed E-state index contributed by atoms with van der Waals surface area (Å²) < 4.78 is 0. The molecule has 1 atom stereocenters. The lowest BCUT2D eigenvalue weighted by Gasteiger charge is -2.34. The van der Waals surface area contributed by atoms with Crippen LogP contribution in [0.1, 0.15) is 44.9 Å². The fraction of sp³-hybridized carbons (Fsp3) is 0.636. The summed E-state index contributed by atoms with van der Waals surface area (Å²) in [5.41, 5.74) is 2.47. The summed E-state index contributed by atoms with van der Waals surface area (Å²) in [6.07, 6.45) is 13.8.